The number of hydrogen-bond acceptors (Lipinski definition) is 3. The van der Waals surface area contributed by atoms with Gasteiger partial charge in [-0.3, -0.25) is 4.40 Å². The minimum Gasteiger partial charge on any atom is -0.343 e. The summed E-state index contributed by atoms with van der Waals surface area (Å²) in [6.07, 6.45) is -0.749. The van der Waals surface area contributed by atoms with E-state index in [0.717, 1.165) is 23.5 Å². The van der Waals surface area contributed by atoms with Crippen LogP contribution in [-0.4, -0.2) is 28.1 Å². The van der Waals surface area contributed by atoms with Crippen LogP contribution < -0.4 is 4.90 Å². The Balaban J connectivity index is 2.01. The van der Waals surface area contributed by atoms with Gasteiger partial charge in [-0.2, -0.15) is 13.2 Å². The van der Waals surface area contributed by atoms with Crippen LogP contribution in [0.3, 0.4) is 0 Å². The van der Waals surface area contributed by atoms with Gasteiger partial charge in [0.2, 0.25) is 0 Å². The summed E-state index contributed by atoms with van der Waals surface area (Å²) in [5.74, 6) is 0.462. The van der Waals surface area contributed by atoms with E-state index >= 15 is 0 Å². The molecule has 0 bridgehead atoms. The molecule has 0 aliphatic heterocycles. The molecule has 0 aromatic carbocycles. The van der Waals surface area contributed by atoms with Gasteiger partial charge >= 0.3 is 6.18 Å². The number of thiazole rings is 1. The Morgan fingerprint density at radius 3 is 2.79 bits per heavy atom. The van der Waals surface area contributed by atoms with Gasteiger partial charge < -0.3 is 4.90 Å². The number of hydrogen-bond donors (Lipinski definition) is 0. The van der Waals surface area contributed by atoms with E-state index in [4.69, 9.17) is 0 Å². The molecule has 0 unspecified atom stereocenters. The molecule has 8 heteroatoms. The molecule has 1 aliphatic rings. The Kier molecular flexibility index (Phi) is 3.24. The highest BCUT2D eigenvalue weighted by atomic mass is 79.9. The zero-order valence-electron chi connectivity index (χ0n) is 9.82. The summed E-state index contributed by atoms with van der Waals surface area (Å²) in [4.78, 5) is 6.50. The number of aromatic nitrogens is 2. The third-order valence-electron chi connectivity index (χ3n) is 3.08. The van der Waals surface area contributed by atoms with E-state index in [1.54, 1.807) is 0 Å². The molecular weight excluding hydrogens is 343 g/mol. The van der Waals surface area contributed by atoms with Gasteiger partial charge in [0, 0.05) is 22.9 Å². The van der Waals surface area contributed by atoms with Crippen LogP contribution in [0.5, 0.6) is 0 Å². The van der Waals surface area contributed by atoms with Crippen LogP contribution in [-0.2, 0) is 5.33 Å². The van der Waals surface area contributed by atoms with E-state index in [2.05, 4.69) is 20.9 Å². The first-order valence-electron chi connectivity index (χ1n) is 5.83. The summed E-state index contributed by atoms with van der Waals surface area (Å²) in [5.41, 5.74) is 0.785. The smallest absolute Gasteiger partial charge is 0.343 e. The van der Waals surface area contributed by atoms with Gasteiger partial charge in [-0.1, -0.05) is 15.9 Å². The van der Waals surface area contributed by atoms with Crippen LogP contribution in [0.2, 0.25) is 0 Å². The van der Waals surface area contributed by atoms with Crippen LogP contribution in [0.15, 0.2) is 11.6 Å². The van der Waals surface area contributed by atoms with Crippen molar-refractivity contribution < 1.29 is 13.2 Å². The molecule has 0 amide bonds. The number of anilines is 1. The maximum Gasteiger partial charge on any atom is 0.405 e. The molecule has 1 fully saturated rings. The van der Waals surface area contributed by atoms with Crippen molar-refractivity contribution in [2.75, 3.05) is 11.4 Å². The van der Waals surface area contributed by atoms with E-state index in [1.165, 1.54) is 16.2 Å². The summed E-state index contributed by atoms with van der Waals surface area (Å²) in [6, 6.07) is -0.0240. The number of fused-ring (bicyclic) bond motifs is 1. The summed E-state index contributed by atoms with van der Waals surface area (Å²) in [7, 11) is 0. The number of imidazole rings is 1. The highest BCUT2D eigenvalue weighted by Gasteiger charge is 2.40. The summed E-state index contributed by atoms with van der Waals surface area (Å²) >= 11 is 4.77. The van der Waals surface area contributed by atoms with Gasteiger partial charge in [0.15, 0.2) is 10.8 Å². The van der Waals surface area contributed by atoms with E-state index < -0.39 is 12.7 Å². The lowest BCUT2D eigenvalue weighted by molar-refractivity contribution is -0.120. The molecule has 2 aromatic heterocycles. The molecule has 1 aliphatic carbocycles. The lowest BCUT2D eigenvalue weighted by Crippen LogP contribution is -2.36. The van der Waals surface area contributed by atoms with Gasteiger partial charge in [0.05, 0.1) is 5.69 Å². The fourth-order valence-electron chi connectivity index (χ4n) is 2.13. The summed E-state index contributed by atoms with van der Waals surface area (Å²) in [5, 5.41) is 2.37. The second-order valence-electron chi connectivity index (χ2n) is 4.55. The largest absolute Gasteiger partial charge is 0.405 e. The fraction of sp³-hybridized carbons (Fsp3) is 0.545. The molecule has 19 heavy (non-hydrogen) atoms. The van der Waals surface area contributed by atoms with Crippen molar-refractivity contribution >= 4 is 38.0 Å². The number of alkyl halides is 4. The first kappa shape index (κ1) is 13.2. The van der Waals surface area contributed by atoms with Crippen LogP contribution >= 0.6 is 27.3 Å². The molecule has 0 N–H and O–H groups in total. The Morgan fingerprint density at radius 1 is 1.47 bits per heavy atom. The van der Waals surface area contributed by atoms with Gasteiger partial charge in [-0.15, -0.1) is 11.3 Å². The predicted molar refractivity (Wildman–Crippen MR) is 72.1 cm³/mol. The van der Waals surface area contributed by atoms with E-state index in [1.807, 2.05) is 16.0 Å². The van der Waals surface area contributed by atoms with Gasteiger partial charge in [-0.25, -0.2) is 4.98 Å². The Bertz CT molecular complexity index is 588. The number of nitrogens with zero attached hydrogens (tertiary/aromatic N) is 3. The van der Waals surface area contributed by atoms with Crippen molar-refractivity contribution in [1.29, 1.82) is 0 Å². The molecule has 104 valence electrons. The van der Waals surface area contributed by atoms with Crippen molar-refractivity contribution in [2.45, 2.75) is 30.4 Å². The minimum absolute atomic E-state index is 0.0240. The first-order chi connectivity index (χ1) is 8.99. The lowest BCUT2D eigenvalue weighted by Gasteiger charge is -2.24. The molecule has 0 spiro atoms. The topological polar surface area (TPSA) is 20.5 Å². The van der Waals surface area contributed by atoms with E-state index in [9.17, 15) is 13.2 Å². The van der Waals surface area contributed by atoms with E-state index in [-0.39, 0.29) is 6.04 Å². The Hall–Kier alpha value is -0.760. The first-order valence-corrected chi connectivity index (χ1v) is 7.83. The zero-order valence-corrected chi connectivity index (χ0v) is 12.2. The Labute approximate surface area is 120 Å². The maximum atomic E-state index is 12.7. The van der Waals surface area contributed by atoms with Crippen LogP contribution in [0, 0.1) is 0 Å². The summed E-state index contributed by atoms with van der Waals surface area (Å²) in [6.45, 7) is -0.928. The molecule has 3 rings (SSSR count). The average molecular weight is 354 g/mol. The predicted octanol–water partition coefficient (Wildman–Crippen LogP) is 3.82. The highest BCUT2D eigenvalue weighted by Crippen LogP contribution is 2.37. The molecule has 0 saturated heterocycles. The maximum absolute atomic E-state index is 12.7. The molecular formula is C11H11BrF3N3S. The highest BCUT2D eigenvalue weighted by molar-refractivity contribution is 9.08. The summed E-state index contributed by atoms with van der Waals surface area (Å²) < 4.78 is 40.0. The third-order valence-corrected chi connectivity index (χ3v) is 4.36. The van der Waals surface area contributed by atoms with Crippen LogP contribution in [0.1, 0.15) is 18.5 Å². The Morgan fingerprint density at radius 2 is 2.21 bits per heavy atom. The SMILES string of the molecule is FC(F)(F)CN(c1nc2sccn2c1CBr)C1CC1. The zero-order chi connectivity index (χ0) is 13.6. The van der Waals surface area contributed by atoms with Gasteiger partial charge in [-0.05, 0) is 12.8 Å². The van der Waals surface area contributed by atoms with Crippen LogP contribution in [0.4, 0.5) is 19.0 Å². The van der Waals surface area contributed by atoms with Crippen molar-refractivity contribution in [2.24, 2.45) is 0 Å². The molecule has 0 radical (unpaired) electrons. The number of halogens is 4. The third kappa shape index (κ3) is 2.60. The fourth-order valence-corrected chi connectivity index (χ4v) is 3.38. The average Bonchev–Trinajstić information content (AvgIpc) is 2.95. The second-order valence-corrected chi connectivity index (χ2v) is 5.98. The van der Waals surface area contributed by atoms with Gasteiger partial charge in [0.25, 0.3) is 0 Å². The van der Waals surface area contributed by atoms with Crippen LogP contribution in [0.25, 0.3) is 4.96 Å². The van der Waals surface area contributed by atoms with Crippen molar-refractivity contribution in [3.8, 4) is 0 Å². The number of rotatable bonds is 4. The monoisotopic (exact) mass is 353 g/mol. The van der Waals surface area contributed by atoms with Crippen molar-refractivity contribution in [1.82, 2.24) is 9.38 Å². The molecule has 2 aromatic rings. The van der Waals surface area contributed by atoms with Crippen molar-refractivity contribution in [3.63, 3.8) is 0 Å². The molecule has 3 nitrogen and oxygen atoms in total. The van der Waals surface area contributed by atoms with Crippen molar-refractivity contribution in [3.05, 3.63) is 17.3 Å². The standard InChI is InChI=1S/C11H11BrF3N3S/c12-5-8-9(16-10-17(8)3-4-19-10)18(7-1-2-7)6-11(13,14)15/h3-4,7H,1-2,5-6H2. The molecule has 1 saturated carbocycles. The molecule has 2 heterocycles. The molecule has 0 atom stereocenters. The van der Waals surface area contributed by atoms with Gasteiger partial charge in [0.1, 0.15) is 6.54 Å². The second kappa shape index (κ2) is 4.66. The lowest BCUT2D eigenvalue weighted by atomic mass is 10.3. The normalized spacial score (nSPS) is 16.2. The minimum atomic E-state index is -4.21. The van der Waals surface area contributed by atoms with E-state index in [0.29, 0.717) is 11.1 Å². The quantitative estimate of drug-likeness (QED) is 0.778.